The van der Waals surface area contributed by atoms with Gasteiger partial charge >= 0.3 is 0 Å². The second kappa shape index (κ2) is 6.21. The molecule has 7 nitrogen and oxygen atoms in total. The summed E-state index contributed by atoms with van der Waals surface area (Å²) in [6, 6.07) is 7.15. The Kier molecular flexibility index (Phi) is 4.12. The molecule has 7 heteroatoms. The van der Waals surface area contributed by atoms with E-state index in [1.807, 2.05) is 10.7 Å². The van der Waals surface area contributed by atoms with Crippen LogP contribution in [-0.2, 0) is 0 Å². The number of phenolic OH excluding ortho intramolecular Hbond substituents is 1. The monoisotopic (exact) mass is 314 g/mol. The summed E-state index contributed by atoms with van der Waals surface area (Å²) in [6.45, 7) is 1.87. The van der Waals surface area contributed by atoms with Crippen molar-refractivity contribution in [2.45, 2.75) is 18.9 Å². The highest BCUT2D eigenvalue weighted by molar-refractivity contribution is 5.86. The molecule has 1 aliphatic heterocycles. The van der Waals surface area contributed by atoms with Crippen molar-refractivity contribution in [3.05, 3.63) is 35.5 Å². The predicted molar refractivity (Wildman–Crippen MR) is 92.4 cm³/mol. The third-order valence-electron chi connectivity index (χ3n) is 4.18. The second-order valence-corrected chi connectivity index (χ2v) is 5.73. The van der Waals surface area contributed by atoms with Crippen LogP contribution in [0.25, 0.3) is 11.8 Å². The first kappa shape index (κ1) is 15.2. The zero-order chi connectivity index (χ0) is 16.4. The van der Waals surface area contributed by atoms with Gasteiger partial charge in [-0.2, -0.15) is 5.10 Å². The standard InChI is InChI=1S/C16H22N6O/c17-12(11-3-1-2-4-14(11)23)9-13-15(18)16(19)21-22(13)10-5-7-20-8-6-10/h1-4,9-10,20,23H,5-8,17-18H2,(H2,19,21)/b12-9-. The van der Waals surface area contributed by atoms with Crippen LogP contribution in [0.5, 0.6) is 5.75 Å². The number of piperidine rings is 1. The summed E-state index contributed by atoms with van der Waals surface area (Å²) < 4.78 is 1.86. The molecule has 2 heterocycles. The Bertz CT molecular complexity index is 730. The number of aromatic nitrogens is 2. The molecule has 0 amide bonds. The Hall–Kier alpha value is -2.67. The van der Waals surface area contributed by atoms with Crippen molar-refractivity contribution in [1.82, 2.24) is 15.1 Å². The molecule has 3 rings (SSSR count). The Balaban J connectivity index is 2.02. The van der Waals surface area contributed by atoms with Crippen molar-refractivity contribution in [3.63, 3.8) is 0 Å². The summed E-state index contributed by atoms with van der Waals surface area (Å²) in [4.78, 5) is 0. The largest absolute Gasteiger partial charge is 0.507 e. The first-order valence-corrected chi connectivity index (χ1v) is 7.67. The maximum Gasteiger partial charge on any atom is 0.169 e. The molecule has 0 aliphatic carbocycles. The molecule has 1 aromatic heterocycles. The number of hydrogen-bond acceptors (Lipinski definition) is 6. The van der Waals surface area contributed by atoms with Gasteiger partial charge in [0.15, 0.2) is 5.82 Å². The predicted octanol–water partition coefficient (Wildman–Crippen LogP) is 1.13. The van der Waals surface area contributed by atoms with Crippen LogP contribution in [0.3, 0.4) is 0 Å². The van der Waals surface area contributed by atoms with Gasteiger partial charge in [-0.1, -0.05) is 12.1 Å². The van der Waals surface area contributed by atoms with Gasteiger partial charge in [-0.25, -0.2) is 0 Å². The minimum absolute atomic E-state index is 0.126. The van der Waals surface area contributed by atoms with E-state index >= 15 is 0 Å². The summed E-state index contributed by atoms with van der Waals surface area (Å²) in [7, 11) is 0. The van der Waals surface area contributed by atoms with Crippen molar-refractivity contribution in [2.24, 2.45) is 5.73 Å². The van der Waals surface area contributed by atoms with Crippen LogP contribution in [0.4, 0.5) is 11.5 Å². The first-order chi connectivity index (χ1) is 11.1. The van der Waals surface area contributed by atoms with Crippen LogP contribution in [0.1, 0.15) is 30.1 Å². The van der Waals surface area contributed by atoms with Gasteiger partial charge < -0.3 is 27.6 Å². The third-order valence-corrected chi connectivity index (χ3v) is 4.18. The zero-order valence-corrected chi connectivity index (χ0v) is 12.9. The molecule has 0 unspecified atom stereocenters. The van der Waals surface area contributed by atoms with Gasteiger partial charge in [0, 0.05) is 11.3 Å². The number of nitrogens with zero attached hydrogens (tertiary/aromatic N) is 2. The Labute approximate surface area is 134 Å². The summed E-state index contributed by atoms with van der Waals surface area (Å²) in [6.07, 6.45) is 3.64. The number of anilines is 2. The molecule has 0 atom stereocenters. The Morgan fingerprint density at radius 1 is 1.26 bits per heavy atom. The van der Waals surface area contributed by atoms with Gasteiger partial charge in [-0.3, -0.25) is 4.68 Å². The molecular weight excluding hydrogens is 292 g/mol. The zero-order valence-electron chi connectivity index (χ0n) is 12.9. The second-order valence-electron chi connectivity index (χ2n) is 5.73. The van der Waals surface area contributed by atoms with E-state index in [2.05, 4.69) is 10.4 Å². The fraction of sp³-hybridized carbons (Fsp3) is 0.312. The van der Waals surface area contributed by atoms with Crippen molar-refractivity contribution in [3.8, 4) is 5.75 Å². The number of nitrogens with two attached hydrogens (primary N) is 3. The van der Waals surface area contributed by atoms with Crippen LogP contribution < -0.4 is 22.5 Å². The van der Waals surface area contributed by atoms with Gasteiger partial charge in [-0.15, -0.1) is 0 Å². The van der Waals surface area contributed by atoms with E-state index in [1.54, 1.807) is 24.3 Å². The number of rotatable bonds is 3. The summed E-state index contributed by atoms with van der Waals surface area (Å²) in [5, 5.41) is 17.6. The Morgan fingerprint density at radius 3 is 2.65 bits per heavy atom. The first-order valence-electron chi connectivity index (χ1n) is 7.67. The van der Waals surface area contributed by atoms with Crippen molar-refractivity contribution < 1.29 is 5.11 Å². The lowest BCUT2D eigenvalue weighted by atomic mass is 10.1. The number of aromatic hydroxyl groups is 1. The highest BCUT2D eigenvalue weighted by Gasteiger charge is 2.21. The SMILES string of the molecule is N/C(=C\c1c(N)c(N)nn1C1CCNCC1)c1ccccc1O. The maximum absolute atomic E-state index is 9.94. The molecule has 23 heavy (non-hydrogen) atoms. The van der Waals surface area contributed by atoms with E-state index in [0.29, 0.717) is 28.5 Å². The van der Waals surface area contributed by atoms with E-state index in [1.165, 1.54) is 0 Å². The smallest absolute Gasteiger partial charge is 0.169 e. The molecule has 1 saturated heterocycles. The molecule has 1 aliphatic rings. The number of hydrogen-bond donors (Lipinski definition) is 5. The minimum Gasteiger partial charge on any atom is -0.507 e. The highest BCUT2D eigenvalue weighted by Crippen LogP contribution is 2.30. The number of para-hydroxylation sites is 1. The van der Waals surface area contributed by atoms with Crippen molar-refractivity contribution in [1.29, 1.82) is 0 Å². The summed E-state index contributed by atoms with van der Waals surface area (Å²) in [5.41, 5.74) is 20.2. The van der Waals surface area contributed by atoms with Gasteiger partial charge in [0.05, 0.1) is 11.7 Å². The van der Waals surface area contributed by atoms with E-state index in [0.717, 1.165) is 25.9 Å². The number of nitrogens with one attached hydrogen (secondary N) is 1. The summed E-state index contributed by atoms with van der Waals surface area (Å²) in [5.74, 6) is 0.431. The fourth-order valence-electron chi connectivity index (χ4n) is 2.89. The highest BCUT2D eigenvalue weighted by atomic mass is 16.3. The van der Waals surface area contributed by atoms with Crippen molar-refractivity contribution in [2.75, 3.05) is 24.6 Å². The lowest BCUT2D eigenvalue weighted by Crippen LogP contribution is -2.30. The van der Waals surface area contributed by atoms with Crippen LogP contribution in [0, 0.1) is 0 Å². The van der Waals surface area contributed by atoms with E-state index < -0.39 is 0 Å². The van der Waals surface area contributed by atoms with Gasteiger partial charge in [0.1, 0.15) is 11.4 Å². The topological polar surface area (TPSA) is 128 Å². The normalized spacial score (nSPS) is 16.6. The molecule has 0 spiro atoms. The van der Waals surface area contributed by atoms with Crippen molar-refractivity contribution >= 4 is 23.3 Å². The average Bonchev–Trinajstić information content (AvgIpc) is 2.84. The molecule has 122 valence electrons. The number of benzene rings is 1. The molecule has 8 N–H and O–H groups in total. The molecule has 0 radical (unpaired) electrons. The van der Waals surface area contributed by atoms with Crippen LogP contribution in [-0.4, -0.2) is 28.0 Å². The molecular formula is C16H22N6O. The average molecular weight is 314 g/mol. The third kappa shape index (κ3) is 2.95. The van der Waals surface area contributed by atoms with E-state index in [4.69, 9.17) is 17.2 Å². The van der Waals surface area contributed by atoms with Gasteiger partial charge in [-0.05, 0) is 44.1 Å². The van der Waals surface area contributed by atoms with Gasteiger partial charge in [0.2, 0.25) is 0 Å². The quantitative estimate of drug-likeness (QED) is 0.578. The minimum atomic E-state index is 0.126. The molecule has 1 aromatic carbocycles. The maximum atomic E-state index is 9.94. The molecule has 2 aromatic rings. The van der Waals surface area contributed by atoms with Crippen LogP contribution in [0.2, 0.25) is 0 Å². The lowest BCUT2D eigenvalue weighted by Gasteiger charge is -2.24. The molecule has 1 fully saturated rings. The fourth-order valence-corrected chi connectivity index (χ4v) is 2.89. The lowest BCUT2D eigenvalue weighted by molar-refractivity contribution is 0.342. The van der Waals surface area contributed by atoms with Crippen LogP contribution in [0.15, 0.2) is 24.3 Å². The van der Waals surface area contributed by atoms with Crippen LogP contribution >= 0.6 is 0 Å². The Morgan fingerprint density at radius 2 is 1.96 bits per heavy atom. The van der Waals surface area contributed by atoms with E-state index in [9.17, 15) is 5.11 Å². The van der Waals surface area contributed by atoms with Gasteiger partial charge in [0.25, 0.3) is 0 Å². The number of nitrogen functional groups attached to an aromatic ring is 2. The van der Waals surface area contributed by atoms with E-state index in [-0.39, 0.29) is 11.8 Å². The molecule has 0 saturated carbocycles. The number of phenols is 1. The summed E-state index contributed by atoms with van der Waals surface area (Å²) >= 11 is 0. The molecule has 0 bridgehead atoms.